The van der Waals surface area contributed by atoms with E-state index in [1.54, 1.807) is 0 Å². The van der Waals surface area contributed by atoms with E-state index in [4.69, 9.17) is 0 Å². The van der Waals surface area contributed by atoms with Crippen molar-refractivity contribution in [1.82, 2.24) is 0 Å². The second kappa shape index (κ2) is 8.19. The lowest BCUT2D eigenvalue weighted by Crippen LogP contribution is -2.38. The Morgan fingerprint density at radius 3 is 2.67 bits per heavy atom. The predicted octanol–water partition coefficient (Wildman–Crippen LogP) is 3.96. The van der Waals surface area contributed by atoms with Gasteiger partial charge in [-0.25, -0.2) is 8.42 Å². The summed E-state index contributed by atoms with van der Waals surface area (Å²) >= 11 is 1.42. The minimum Gasteiger partial charge on any atom is -0.315 e. The molecule has 2 saturated heterocycles. The number of benzene rings is 2. The third kappa shape index (κ3) is 4.32. The molecular weight excluding hydrogens is 416 g/mol. The van der Waals surface area contributed by atoms with Crippen LogP contribution in [0.2, 0.25) is 0 Å². The molecule has 2 atom stereocenters. The van der Waals surface area contributed by atoms with Gasteiger partial charge in [0.25, 0.3) is 5.91 Å². The van der Waals surface area contributed by atoms with Crippen LogP contribution in [0.25, 0.3) is 0 Å². The highest BCUT2D eigenvalue weighted by atomic mass is 32.2. The average molecular weight is 443 g/mol. The Balaban J connectivity index is 1.70. The molecule has 158 valence electrons. The standard InChI is InChI=1S/C23H26N2O3S2/c1-15(2)18-9-4-5-10-19(18)25-20-13-30(27,28)14-21(20)29-23(25)24-22(26)12-17-8-6-7-16(3)11-17/h4-11,15,20-21H,12-14H2,1-3H3/t20-,21-/m0/s1. The zero-order valence-corrected chi connectivity index (χ0v) is 19.0. The van der Waals surface area contributed by atoms with Crippen LogP contribution in [0.3, 0.4) is 0 Å². The van der Waals surface area contributed by atoms with Gasteiger partial charge in [0.2, 0.25) is 0 Å². The number of aliphatic imine (C=N–C) groups is 1. The number of amides is 1. The second-order valence-electron chi connectivity index (χ2n) is 8.34. The van der Waals surface area contributed by atoms with Crippen LogP contribution >= 0.6 is 11.8 Å². The first-order valence-electron chi connectivity index (χ1n) is 10.2. The Kier molecular flexibility index (Phi) is 5.77. The van der Waals surface area contributed by atoms with Gasteiger partial charge in [0, 0.05) is 10.9 Å². The summed E-state index contributed by atoms with van der Waals surface area (Å²) in [6.45, 7) is 6.23. The molecule has 0 bridgehead atoms. The van der Waals surface area contributed by atoms with Crippen LogP contribution in [0.4, 0.5) is 5.69 Å². The van der Waals surface area contributed by atoms with Crippen molar-refractivity contribution < 1.29 is 13.2 Å². The van der Waals surface area contributed by atoms with E-state index >= 15 is 0 Å². The fraction of sp³-hybridized carbons (Fsp3) is 0.391. The Bertz CT molecular complexity index is 1110. The average Bonchev–Trinajstić information content (AvgIpc) is 3.12. The minimum atomic E-state index is -3.09. The summed E-state index contributed by atoms with van der Waals surface area (Å²) in [6.07, 6.45) is 0.235. The molecule has 0 spiro atoms. The summed E-state index contributed by atoms with van der Waals surface area (Å²) in [7, 11) is -3.09. The van der Waals surface area contributed by atoms with Gasteiger partial charge in [-0.3, -0.25) is 4.79 Å². The number of rotatable bonds is 4. The molecule has 0 aromatic heterocycles. The number of thioether (sulfide) groups is 1. The maximum absolute atomic E-state index is 12.8. The first-order valence-corrected chi connectivity index (χ1v) is 12.9. The van der Waals surface area contributed by atoms with Crippen LogP contribution in [-0.4, -0.2) is 42.3 Å². The van der Waals surface area contributed by atoms with E-state index in [-0.39, 0.29) is 41.0 Å². The Morgan fingerprint density at radius 2 is 1.93 bits per heavy atom. The number of carbonyl (C=O) groups is 1. The third-order valence-corrected chi connectivity index (χ3v) is 8.75. The van der Waals surface area contributed by atoms with Crippen molar-refractivity contribution in [2.75, 3.05) is 16.4 Å². The Hall–Kier alpha value is -2.12. The van der Waals surface area contributed by atoms with E-state index < -0.39 is 9.84 Å². The lowest BCUT2D eigenvalue weighted by Gasteiger charge is -2.28. The van der Waals surface area contributed by atoms with Crippen molar-refractivity contribution in [2.24, 2.45) is 4.99 Å². The molecule has 2 aromatic carbocycles. The van der Waals surface area contributed by atoms with E-state index in [1.165, 1.54) is 11.8 Å². The molecule has 0 radical (unpaired) electrons. The smallest absolute Gasteiger partial charge is 0.252 e. The predicted molar refractivity (Wildman–Crippen MR) is 124 cm³/mol. The van der Waals surface area contributed by atoms with E-state index in [0.717, 1.165) is 22.4 Å². The highest BCUT2D eigenvalue weighted by Crippen LogP contribution is 2.43. The van der Waals surface area contributed by atoms with Gasteiger partial charge in [-0.05, 0) is 30.0 Å². The van der Waals surface area contributed by atoms with Crippen molar-refractivity contribution in [1.29, 1.82) is 0 Å². The molecule has 0 unspecified atom stereocenters. The van der Waals surface area contributed by atoms with Crippen LogP contribution in [-0.2, 0) is 21.1 Å². The molecule has 2 heterocycles. The molecule has 30 heavy (non-hydrogen) atoms. The van der Waals surface area contributed by atoms with Gasteiger partial charge in [0.05, 0.1) is 24.0 Å². The summed E-state index contributed by atoms with van der Waals surface area (Å²) in [5.74, 6) is 0.293. The largest absolute Gasteiger partial charge is 0.315 e. The van der Waals surface area contributed by atoms with Crippen LogP contribution < -0.4 is 4.90 Å². The number of hydrogen-bond donors (Lipinski definition) is 0. The first kappa shape index (κ1) is 21.1. The quantitative estimate of drug-likeness (QED) is 0.717. The van der Waals surface area contributed by atoms with E-state index in [0.29, 0.717) is 5.17 Å². The van der Waals surface area contributed by atoms with Crippen molar-refractivity contribution in [3.05, 3.63) is 65.2 Å². The summed E-state index contributed by atoms with van der Waals surface area (Å²) in [5.41, 5.74) is 4.12. The fourth-order valence-electron chi connectivity index (χ4n) is 4.18. The van der Waals surface area contributed by atoms with Gasteiger partial charge in [-0.15, -0.1) is 0 Å². The number of anilines is 1. The zero-order chi connectivity index (χ0) is 21.5. The fourth-order valence-corrected chi connectivity index (χ4v) is 8.11. The highest BCUT2D eigenvalue weighted by molar-refractivity contribution is 8.16. The first-order chi connectivity index (χ1) is 14.2. The Labute approximate surface area is 182 Å². The van der Waals surface area contributed by atoms with Crippen LogP contribution in [0.1, 0.15) is 36.5 Å². The molecule has 2 aliphatic rings. The van der Waals surface area contributed by atoms with Crippen LogP contribution in [0.5, 0.6) is 0 Å². The number of carbonyl (C=O) groups excluding carboxylic acids is 1. The van der Waals surface area contributed by atoms with Crippen LogP contribution in [0, 0.1) is 6.92 Å². The van der Waals surface area contributed by atoms with Crippen molar-refractivity contribution in [3.8, 4) is 0 Å². The van der Waals surface area contributed by atoms with Gasteiger partial charge in [-0.1, -0.05) is 73.6 Å². The van der Waals surface area contributed by atoms with E-state index in [9.17, 15) is 13.2 Å². The molecule has 0 aliphatic carbocycles. The molecule has 1 amide bonds. The monoisotopic (exact) mass is 442 g/mol. The lowest BCUT2D eigenvalue weighted by atomic mass is 9.99. The van der Waals surface area contributed by atoms with Crippen molar-refractivity contribution >= 4 is 38.4 Å². The summed E-state index contributed by atoms with van der Waals surface area (Å²) in [6, 6.07) is 15.7. The number of sulfone groups is 1. The number of nitrogens with zero attached hydrogens (tertiary/aromatic N) is 2. The lowest BCUT2D eigenvalue weighted by molar-refractivity contribution is -0.117. The number of hydrogen-bond acceptors (Lipinski definition) is 4. The number of fused-ring (bicyclic) bond motifs is 1. The topological polar surface area (TPSA) is 66.8 Å². The summed E-state index contributed by atoms with van der Waals surface area (Å²) in [4.78, 5) is 19.2. The third-order valence-electron chi connectivity index (χ3n) is 5.54. The zero-order valence-electron chi connectivity index (χ0n) is 17.4. The molecule has 0 N–H and O–H groups in total. The van der Waals surface area contributed by atoms with Gasteiger partial charge in [-0.2, -0.15) is 4.99 Å². The van der Waals surface area contributed by atoms with E-state index in [1.807, 2.05) is 54.3 Å². The normalized spacial score (nSPS) is 23.9. The molecule has 2 aromatic rings. The summed E-state index contributed by atoms with van der Waals surface area (Å²) in [5, 5.41) is 0.520. The highest BCUT2D eigenvalue weighted by Gasteiger charge is 2.49. The molecule has 0 saturated carbocycles. The Morgan fingerprint density at radius 1 is 1.17 bits per heavy atom. The van der Waals surface area contributed by atoms with Gasteiger partial charge in [0.1, 0.15) is 0 Å². The minimum absolute atomic E-state index is 0.0965. The van der Waals surface area contributed by atoms with Crippen molar-refractivity contribution in [2.45, 2.75) is 44.4 Å². The molecule has 2 fully saturated rings. The van der Waals surface area contributed by atoms with Crippen molar-refractivity contribution in [3.63, 3.8) is 0 Å². The van der Waals surface area contributed by atoms with Gasteiger partial charge >= 0.3 is 0 Å². The molecular formula is C23H26N2O3S2. The van der Waals surface area contributed by atoms with E-state index in [2.05, 4.69) is 24.9 Å². The second-order valence-corrected chi connectivity index (χ2v) is 11.7. The number of amidine groups is 1. The molecule has 7 heteroatoms. The summed E-state index contributed by atoms with van der Waals surface area (Å²) < 4.78 is 24.6. The molecule has 4 rings (SSSR count). The van der Waals surface area contributed by atoms with Gasteiger partial charge in [0.15, 0.2) is 15.0 Å². The van der Waals surface area contributed by atoms with Crippen LogP contribution in [0.15, 0.2) is 53.5 Å². The number of para-hydroxylation sites is 1. The molecule has 5 nitrogen and oxygen atoms in total. The van der Waals surface area contributed by atoms with Gasteiger partial charge < -0.3 is 4.90 Å². The maximum Gasteiger partial charge on any atom is 0.252 e. The maximum atomic E-state index is 12.8. The SMILES string of the molecule is Cc1cccc(CC(=O)N=C2S[C@H]3CS(=O)(=O)C[C@@H]3N2c2ccccc2C(C)C)c1. The number of aryl methyl sites for hydroxylation is 1. The molecule has 2 aliphatic heterocycles.